The van der Waals surface area contributed by atoms with Crippen LogP contribution in [0.4, 0.5) is 30.7 Å². The van der Waals surface area contributed by atoms with Crippen LogP contribution in [0.3, 0.4) is 0 Å². The van der Waals surface area contributed by atoms with E-state index in [4.69, 9.17) is 0 Å². The quantitative estimate of drug-likeness (QED) is 0.832. The first-order chi connectivity index (χ1) is 8.08. The smallest absolute Gasteiger partial charge is 0.305 e. The largest absolute Gasteiger partial charge is 0.416 e. The predicted octanol–water partition coefficient (Wildman–Crippen LogP) is 3.50. The van der Waals surface area contributed by atoms with Crippen molar-refractivity contribution in [2.75, 3.05) is 6.54 Å². The maximum atomic E-state index is 12.9. The molecule has 1 aromatic carbocycles. The molecular formula is C10H8F7N. The number of benzene rings is 1. The Morgan fingerprint density at radius 2 is 1.56 bits per heavy atom. The summed E-state index contributed by atoms with van der Waals surface area (Å²) in [5, 5.41) is 1.89. The monoisotopic (exact) mass is 275 g/mol. The van der Waals surface area contributed by atoms with Crippen LogP contribution in [0.5, 0.6) is 0 Å². The molecule has 0 unspecified atom stereocenters. The second-order valence-electron chi connectivity index (χ2n) is 3.56. The van der Waals surface area contributed by atoms with Crippen LogP contribution < -0.4 is 5.32 Å². The van der Waals surface area contributed by atoms with E-state index in [1.54, 1.807) is 0 Å². The van der Waals surface area contributed by atoms with Gasteiger partial charge in [-0.2, -0.15) is 26.3 Å². The van der Waals surface area contributed by atoms with Crippen LogP contribution in [-0.4, -0.2) is 12.7 Å². The maximum absolute atomic E-state index is 12.9. The highest BCUT2D eigenvalue weighted by atomic mass is 19.4. The molecule has 0 aliphatic heterocycles. The van der Waals surface area contributed by atoms with Gasteiger partial charge < -0.3 is 5.32 Å². The first-order valence-corrected chi connectivity index (χ1v) is 4.72. The highest BCUT2D eigenvalue weighted by Gasteiger charge is 2.31. The van der Waals surface area contributed by atoms with Crippen LogP contribution in [0.2, 0.25) is 0 Å². The van der Waals surface area contributed by atoms with Crippen LogP contribution in [0.25, 0.3) is 0 Å². The topological polar surface area (TPSA) is 12.0 Å². The Labute approximate surface area is 97.6 Å². The molecule has 1 aromatic rings. The summed E-state index contributed by atoms with van der Waals surface area (Å²) in [6.07, 6.45) is -9.21. The first-order valence-electron chi connectivity index (χ1n) is 4.72. The predicted molar refractivity (Wildman–Crippen MR) is 49.2 cm³/mol. The minimum absolute atomic E-state index is 0.202. The van der Waals surface area contributed by atoms with Gasteiger partial charge in [-0.25, -0.2) is 4.39 Å². The second-order valence-corrected chi connectivity index (χ2v) is 3.56. The van der Waals surface area contributed by atoms with Gasteiger partial charge in [-0.15, -0.1) is 0 Å². The van der Waals surface area contributed by atoms with Gasteiger partial charge in [0.1, 0.15) is 5.82 Å². The highest BCUT2D eigenvalue weighted by molar-refractivity contribution is 5.26. The number of nitrogens with one attached hydrogen (secondary N) is 1. The van der Waals surface area contributed by atoms with Crippen molar-refractivity contribution in [3.05, 3.63) is 35.1 Å². The fourth-order valence-corrected chi connectivity index (χ4v) is 1.26. The van der Waals surface area contributed by atoms with Crippen LogP contribution in [0.1, 0.15) is 11.1 Å². The molecule has 1 rings (SSSR count). The summed E-state index contributed by atoms with van der Waals surface area (Å²) in [6.45, 7) is -1.86. The Kier molecular flexibility index (Phi) is 4.20. The molecule has 0 fully saturated rings. The number of alkyl halides is 6. The summed E-state index contributed by atoms with van der Waals surface area (Å²) in [6, 6.07) is 1.64. The molecule has 0 saturated heterocycles. The third-order valence-electron chi connectivity index (χ3n) is 1.94. The van der Waals surface area contributed by atoms with E-state index in [0.29, 0.717) is 6.07 Å². The van der Waals surface area contributed by atoms with Crippen molar-refractivity contribution in [1.29, 1.82) is 0 Å². The molecule has 0 bridgehead atoms. The lowest BCUT2D eigenvalue weighted by molar-refractivity contribution is -0.138. The van der Waals surface area contributed by atoms with E-state index in [1.807, 2.05) is 5.32 Å². The minimum Gasteiger partial charge on any atom is -0.305 e. The van der Waals surface area contributed by atoms with Gasteiger partial charge in [0.25, 0.3) is 0 Å². The highest BCUT2D eigenvalue weighted by Crippen LogP contribution is 2.30. The zero-order chi connectivity index (χ0) is 14.0. The number of hydrogen-bond acceptors (Lipinski definition) is 1. The van der Waals surface area contributed by atoms with Crippen molar-refractivity contribution in [3.8, 4) is 0 Å². The van der Waals surface area contributed by atoms with E-state index in [2.05, 4.69) is 0 Å². The summed E-state index contributed by atoms with van der Waals surface area (Å²) in [7, 11) is 0. The van der Waals surface area contributed by atoms with Gasteiger partial charge in [0.05, 0.1) is 12.1 Å². The fraction of sp³-hybridized carbons (Fsp3) is 0.400. The third-order valence-corrected chi connectivity index (χ3v) is 1.94. The van der Waals surface area contributed by atoms with Crippen molar-refractivity contribution in [2.45, 2.75) is 18.9 Å². The van der Waals surface area contributed by atoms with Gasteiger partial charge in [-0.3, -0.25) is 0 Å². The minimum atomic E-state index is -4.74. The lowest BCUT2D eigenvalue weighted by atomic mass is 10.1. The molecule has 1 nitrogen and oxygen atoms in total. The molecule has 0 atom stereocenters. The van der Waals surface area contributed by atoms with Crippen LogP contribution >= 0.6 is 0 Å². The van der Waals surface area contributed by atoms with Crippen molar-refractivity contribution in [3.63, 3.8) is 0 Å². The van der Waals surface area contributed by atoms with Gasteiger partial charge >= 0.3 is 12.4 Å². The SMILES string of the molecule is Fc1cc(CNCC(F)(F)F)cc(C(F)(F)F)c1. The Hall–Kier alpha value is -1.31. The summed E-state index contributed by atoms with van der Waals surface area (Å²) in [4.78, 5) is 0. The molecule has 8 heteroatoms. The molecule has 0 aromatic heterocycles. The third kappa shape index (κ3) is 4.91. The van der Waals surface area contributed by atoms with Gasteiger partial charge in [0.15, 0.2) is 0 Å². The van der Waals surface area contributed by atoms with Gasteiger partial charge in [-0.05, 0) is 23.8 Å². The van der Waals surface area contributed by atoms with E-state index >= 15 is 0 Å². The van der Waals surface area contributed by atoms with Crippen molar-refractivity contribution >= 4 is 0 Å². The number of halogens is 7. The first kappa shape index (κ1) is 14.7. The summed E-state index contributed by atoms with van der Waals surface area (Å²) < 4.78 is 85.1. The molecule has 0 aliphatic rings. The molecule has 0 spiro atoms. The zero-order valence-electron chi connectivity index (χ0n) is 8.79. The standard InChI is InChI=1S/C10H8F7N/c11-8-2-6(4-18-5-9(12,13)14)1-7(3-8)10(15,16)17/h1-3,18H,4-5H2. The molecular weight excluding hydrogens is 267 g/mol. The Bertz CT molecular complexity index is 408. The van der Waals surface area contributed by atoms with E-state index in [1.165, 1.54) is 0 Å². The number of rotatable bonds is 3. The lowest BCUT2D eigenvalue weighted by Crippen LogP contribution is -2.28. The van der Waals surface area contributed by atoms with Crippen LogP contribution in [-0.2, 0) is 12.7 Å². The van der Waals surface area contributed by atoms with Gasteiger partial charge in [0.2, 0.25) is 0 Å². The van der Waals surface area contributed by atoms with E-state index < -0.39 is 36.8 Å². The average molecular weight is 275 g/mol. The molecule has 0 aliphatic carbocycles. The molecule has 1 N–H and O–H groups in total. The Morgan fingerprint density at radius 3 is 2.06 bits per heavy atom. The molecule has 0 amide bonds. The molecule has 0 saturated carbocycles. The van der Waals surface area contributed by atoms with Crippen LogP contribution in [0, 0.1) is 5.82 Å². The normalized spacial score (nSPS) is 12.8. The van der Waals surface area contributed by atoms with Gasteiger partial charge in [-0.1, -0.05) is 0 Å². The Morgan fingerprint density at radius 1 is 0.944 bits per heavy atom. The molecule has 0 radical (unpaired) electrons. The van der Waals surface area contributed by atoms with E-state index in [0.717, 1.165) is 6.07 Å². The van der Waals surface area contributed by atoms with Crippen LogP contribution in [0.15, 0.2) is 18.2 Å². The lowest BCUT2D eigenvalue weighted by Gasteiger charge is -2.11. The van der Waals surface area contributed by atoms with Crippen molar-refractivity contribution < 1.29 is 30.7 Å². The van der Waals surface area contributed by atoms with Crippen molar-refractivity contribution in [2.24, 2.45) is 0 Å². The van der Waals surface area contributed by atoms with Crippen molar-refractivity contribution in [1.82, 2.24) is 5.32 Å². The summed E-state index contributed by atoms with van der Waals surface area (Å²) >= 11 is 0. The van der Waals surface area contributed by atoms with E-state index in [9.17, 15) is 30.7 Å². The summed E-state index contributed by atoms with van der Waals surface area (Å²) in [5.74, 6) is -1.14. The summed E-state index contributed by atoms with van der Waals surface area (Å²) in [5.41, 5.74) is -1.43. The molecule has 18 heavy (non-hydrogen) atoms. The zero-order valence-corrected chi connectivity index (χ0v) is 8.79. The average Bonchev–Trinajstić information content (AvgIpc) is 2.13. The fourth-order valence-electron chi connectivity index (χ4n) is 1.26. The van der Waals surface area contributed by atoms with E-state index in [-0.39, 0.29) is 11.6 Å². The maximum Gasteiger partial charge on any atom is 0.416 e. The van der Waals surface area contributed by atoms with Gasteiger partial charge in [0, 0.05) is 6.54 Å². The molecule has 102 valence electrons. The number of hydrogen-bond donors (Lipinski definition) is 1. The Balaban J connectivity index is 2.75. The second kappa shape index (κ2) is 5.13. The molecule has 0 heterocycles.